The molecule has 136 valence electrons. The number of benzene rings is 2. The summed E-state index contributed by atoms with van der Waals surface area (Å²) in [5.41, 5.74) is 4.30. The number of carbonyl (C=O) groups is 1. The maximum Gasteiger partial charge on any atom is 0.319 e. The van der Waals surface area contributed by atoms with Gasteiger partial charge in [0.15, 0.2) is 0 Å². The Morgan fingerprint density at radius 3 is 2.96 bits per heavy atom. The summed E-state index contributed by atoms with van der Waals surface area (Å²) in [5, 5.41) is 5.73. The average Bonchev–Trinajstić information content (AvgIpc) is 3.30. The number of fused-ring (bicyclic) bond motifs is 2. The zero-order chi connectivity index (χ0) is 17.9. The molecule has 26 heavy (non-hydrogen) atoms. The van der Waals surface area contributed by atoms with Crippen molar-refractivity contribution in [3.63, 3.8) is 0 Å². The van der Waals surface area contributed by atoms with Crippen LogP contribution in [0, 0.1) is 0 Å². The molecule has 6 nitrogen and oxygen atoms in total. The van der Waals surface area contributed by atoms with Crippen LogP contribution in [0.3, 0.4) is 0 Å². The first-order valence-electron chi connectivity index (χ1n) is 8.87. The van der Waals surface area contributed by atoms with Gasteiger partial charge in [-0.25, -0.2) is 4.79 Å². The maximum absolute atomic E-state index is 12.2. The van der Waals surface area contributed by atoms with Gasteiger partial charge in [0.2, 0.25) is 0 Å². The van der Waals surface area contributed by atoms with E-state index in [1.54, 1.807) is 13.2 Å². The van der Waals surface area contributed by atoms with Crippen molar-refractivity contribution in [1.29, 1.82) is 0 Å². The van der Waals surface area contributed by atoms with Crippen LogP contribution in [0.15, 0.2) is 30.3 Å². The molecule has 0 spiro atoms. The van der Waals surface area contributed by atoms with Crippen LogP contribution in [0.25, 0.3) is 0 Å². The van der Waals surface area contributed by atoms with Crippen LogP contribution in [-0.4, -0.2) is 32.9 Å². The van der Waals surface area contributed by atoms with Gasteiger partial charge in [0.1, 0.15) is 17.2 Å². The number of hydrogen-bond acceptors (Lipinski definition) is 4. The quantitative estimate of drug-likeness (QED) is 0.866. The van der Waals surface area contributed by atoms with Gasteiger partial charge in [0.05, 0.1) is 20.3 Å². The predicted molar refractivity (Wildman–Crippen MR) is 98.6 cm³/mol. The molecule has 2 aliphatic rings. The van der Waals surface area contributed by atoms with Crippen LogP contribution in [-0.2, 0) is 19.3 Å². The SMILES string of the molecule is COc1cccc(NC(=O)NCCc2c3c(cc4c2OCC4)OCC3)c1. The minimum atomic E-state index is -0.236. The lowest BCUT2D eigenvalue weighted by atomic mass is 9.97. The van der Waals surface area contributed by atoms with Crippen molar-refractivity contribution in [3.05, 3.63) is 47.0 Å². The van der Waals surface area contributed by atoms with Gasteiger partial charge in [0, 0.05) is 47.8 Å². The molecule has 0 aliphatic carbocycles. The Balaban J connectivity index is 1.39. The number of ether oxygens (including phenoxy) is 3. The van der Waals surface area contributed by atoms with Gasteiger partial charge >= 0.3 is 6.03 Å². The Morgan fingerprint density at radius 1 is 1.19 bits per heavy atom. The summed E-state index contributed by atoms with van der Waals surface area (Å²) in [6.45, 7) is 1.96. The lowest BCUT2D eigenvalue weighted by Gasteiger charge is -2.14. The van der Waals surface area contributed by atoms with Crippen LogP contribution in [0.5, 0.6) is 17.2 Å². The molecule has 2 aromatic carbocycles. The largest absolute Gasteiger partial charge is 0.497 e. The first-order valence-corrected chi connectivity index (χ1v) is 8.87. The van der Waals surface area contributed by atoms with Crippen molar-refractivity contribution in [1.82, 2.24) is 5.32 Å². The first kappa shape index (κ1) is 16.6. The highest BCUT2D eigenvalue weighted by Gasteiger charge is 2.26. The molecule has 4 rings (SSSR count). The monoisotopic (exact) mass is 354 g/mol. The molecular weight excluding hydrogens is 332 g/mol. The van der Waals surface area contributed by atoms with E-state index in [2.05, 4.69) is 16.7 Å². The van der Waals surface area contributed by atoms with Crippen molar-refractivity contribution in [2.45, 2.75) is 19.3 Å². The Labute approximate surface area is 152 Å². The van der Waals surface area contributed by atoms with Gasteiger partial charge in [-0.15, -0.1) is 0 Å². The number of rotatable bonds is 5. The minimum Gasteiger partial charge on any atom is -0.497 e. The number of carbonyl (C=O) groups excluding carboxylic acids is 1. The van der Waals surface area contributed by atoms with Gasteiger partial charge in [-0.05, 0) is 24.6 Å². The highest BCUT2D eigenvalue weighted by atomic mass is 16.5. The van der Waals surface area contributed by atoms with Crippen molar-refractivity contribution < 1.29 is 19.0 Å². The van der Waals surface area contributed by atoms with E-state index in [9.17, 15) is 4.79 Å². The standard InChI is InChI=1S/C20H22N2O4/c1-24-15-4-2-3-14(12-15)22-20(23)21-8-5-17-16-7-10-25-18(16)11-13-6-9-26-19(13)17/h2-4,11-12H,5-10H2,1H3,(H2,21,22,23). The van der Waals surface area contributed by atoms with E-state index in [1.807, 2.05) is 18.2 Å². The number of hydrogen-bond donors (Lipinski definition) is 2. The molecule has 0 bridgehead atoms. The molecule has 0 atom stereocenters. The van der Waals surface area contributed by atoms with Crippen molar-refractivity contribution in [2.24, 2.45) is 0 Å². The fraction of sp³-hybridized carbons (Fsp3) is 0.350. The molecule has 6 heteroatoms. The molecule has 0 saturated heterocycles. The third-order valence-electron chi connectivity index (χ3n) is 4.75. The lowest BCUT2D eigenvalue weighted by molar-refractivity contribution is 0.252. The second kappa shape index (κ2) is 7.15. The fourth-order valence-electron chi connectivity index (χ4n) is 3.53. The number of amides is 2. The Bertz CT molecular complexity index is 803. The first-order chi connectivity index (χ1) is 12.7. The van der Waals surface area contributed by atoms with Crippen LogP contribution >= 0.6 is 0 Å². The summed E-state index contributed by atoms with van der Waals surface area (Å²) in [5.74, 6) is 2.67. The molecule has 0 unspecified atom stereocenters. The number of anilines is 1. The van der Waals surface area contributed by atoms with E-state index in [0.717, 1.165) is 44.0 Å². The number of urea groups is 1. The van der Waals surface area contributed by atoms with Crippen LogP contribution in [0.2, 0.25) is 0 Å². The highest BCUT2D eigenvalue weighted by molar-refractivity contribution is 5.89. The minimum absolute atomic E-state index is 0.236. The summed E-state index contributed by atoms with van der Waals surface area (Å²) in [4.78, 5) is 12.2. The summed E-state index contributed by atoms with van der Waals surface area (Å²) in [7, 11) is 1.60. The second-order valence-electron chi connectivity index (χ2n) is 6.38. The predicted octanol–water partition coefficient (Wildman–Crippen LogP) is 2.93. The van der Waals surface area contributed by atoms with Crippen molar-refractivity contribution in [2.75, 3.05) is 32.2 Å². The third kappa shape index (κ3) is 3.27. The zero-order valence-electron chi connectivity index (χ0n) is 14.8. The summed E-state index contributed by atoms with van der Waals surface area (Å²) >= 11 is 0. The molecule has 2 aliphatic heterocycles. The molecule has 2 N–H and O–H groups in total. The summed E-state index contributed by atoms with van der Waals surface area (Å²) in [6, 6.07) is 9.15. The molecule has 0 fully saturated rings. The molecule has 2 amide bonds. The molecule has 2 heterocycles. The Kier molecular flexibility index (Phi) is 4.56. The normalized spacial score (nSPS) is 14.0. The third-order valence-corrected chi connectivity index (χ3v) is 4.75. The van der Waals surface area contributed by atoms with Crippen molar-refractivity contribution in [3.8, 4) is 17.2 Å². The molecule has 0 radical (unpaired) electrons. The van der Waals surface area contributed by atoms with E-state index in [0.29, 0.717) is 18.0 Å². The van der Waals surface area contributed by atoms with Crippen LogP contribution in [0.1, 0.15) is 16.7 Å². The summed E-state index contributed by atoms with van der Waals surface area (Å²) < 4.78 is 16.7. The van der Waals surface area contributed by atoms with E-state index in [-0.39, 0.29) is 6.03 Å². The topological polar surface area (TPSA) is 68.8 Å². The molecule has 0 aromatic heterocycles. The van der Waals surface area contributed by atoms with Crippen molar-refractivity contribution >= 4 is 11.7 Å². The number of nitrogens with one attached hydrogen (secondary N) is 2. The van der Waals surface area contributed by atoms with Gasteiger partial charge in [-0.3, -0.25) is 0 Å². The van der Waals surface area contributed by atoms with Gasteiger partial charge in [-0.1, -0.05) is 6.07 Å². The van der Waals surface area contributed by atoms with E-state index < -0.39 is 0 Å². The smallest absolute Gasteiger partial charge is 0.319 e. The molecular formula is C20H22N2O4. The van der Waals surface area contributed by atoms with Gasteiger partial charge in [-0.2, -0.15) is 0 Å². The second-order valence-corrected chi connectivity index (χ2v) is 6.38. The lowest BCUT2D eigenvalue weighted by Crippen LogP contribution is -2.30. The van der Waals surface area contributed by atoms with E-state index in [1.165, 1.54) is 16.7 Å². The van der Waals surface area contributed by atoms with E-state index >= 15 is 0 Å². The maximum atomic E-state index is 12.2. The van der Waals surface area contributed by atoms with Crippen LogP contribution in [0.4, 0.5) is 10.5 Å². The number of methoxy groups -OCH3 is 1. The van der Waals surface area contributed by atoms with E-state index in [4.69, 9.17) is 14.2 Å². The Morgan fingerprint density at radius 2 is 2.08 bits per heavy atom. The summed E-state index contributed by atoms with van der Waals surface area (Å²) in [6.07, 6.45) is 2.54. The molecule has 0 saturated carbocycles. The average molecular weight is 354 g/mol. The Hall–Kier alpha value is -2.89. The van der Waals surface area contributed by atoms with Crippen LogP contribution < -0.4 is 24.8 Å². The van der Waals surface area contributed by atoms with Gasteiger partial charge < -0.3 is 24.8 Å². The zero-order valence-corrected chi connectivity index (χ0v) is 14.8. The fourth-order valence-corrected chi connectivity index (χ4v) is 3.53. The van der Waals surface area contributed by atoms with Gasteiger partial charge in [0.25, 0.3) is 0 Å². The highest BCUT2D eigenvalue weighted by Crippen LogP contribution is 2.40. The molecule has 2 aromatic rings.